The summed E-state index contributed by atoms with van der Waals surface area (Å²) in [6.45, 7) is 1.84. The zero-order valence-electron chi connectivity index (χ0n) is 16.5. The Kier molecular flexibility index (Phi) is 6.17. The van der Waals surface area contributed by atoms with Gasteiger partial charge in [-0.15, -0.1) is 0 Å². The van der Waals surface area contributed by atoms with Crippen LogP contribution in [-0.4, -0.2) is 30.0 Å². The number of rotatable bonds is 6. The Morgan fingerprint density at radius 1 is 1.10 bits per heavy atom. The average molecular weight is 516 g/mol. The van der Waals surface area contributed by atoms with E-state index in [9.17, 15) is 13.2 Å². The predicted octanol–water partition coefficient (Wildman–Crippen LogP) is 5.09. The lowest BCUT2D eigenvalue weighted by Gasteiger charge is -2.19. The lowest BCUT2D eigenvalue weighted by Crippen LogP contribution is -2.30. The molecule has 0 aliphatic carbocycles. The number of nitrogens with zero attached hydrogens (tertiary/aromatic N) is 3. The van der Waals surface area contributed by atoms with Gasteiger partial charge in [0.2, 0.25) is 0 Å². The highest BCUT2D eigenvalue weighted by molar-refractivity contribution is 9.10. The Morgan fingerprint density at radius 3 is 2.55 bits per heavy atom. The van der Waals surface area contributed by atoms with Crippen LogP contribution in [0.15, 0.2) is 76.2 Å². The van der Waals surface area contributed by atoms with Gasteiger partial charge in [0.25, 0.3) is 5.91 Å². The second-order valence-corrected chi connectivity index (χ2v) is 11.0. The lowest BCUT2D eigenvalue weighted by atomic mass is 10.2. The van der Waals surface area contributed by atoms with E-state index in [4.69, 9.17) is 0 Å². The molecule has 1 amide bonds. The first kappa shape index (κ1) is 21.6. The van der Waals surface area contributed by atoms with Gasteiger partial charge in [-0.05, 0) is 54.6 Å². The third-order valence-electron chi connectivity index (χ3n) is 4.70. The molecule has 0 aliphatic rings. The second kappa shape index (κ2) is 8.86. The van der Waals surface area contributed by atoms with Gasteiger partial charge in [0.15, 0.2) is 15.0 Å². The largest absolute Gasteiger partial charge is 0.278 e. The van der Waals surface area contributed by atoms with E-state index >= 15 is 0 Å². The van der Waals surface area contributed by atoms with E-state index in [1.165, 1.54) is 23.5 Å². The Morgan fingerprint density at radius 2 is 1.87 bits per heavy atom. The standard InChI is InChI=1S/C22H18BrN3O3S2/c1-2-31(28,29)18-9-6-15(7-10-18)21(27)26(14-17-5-3-4-12-24-17)22-25-19-11-8-16(23)13-20(19)30-22/h3-13H,2,14H2,1H3. The molecule has 0 bridgehead atoms. The number of anilines is 1. The molecule has 158 valence electrons. The SMILES string of the molecule is CCS(=O)(=O)c1ccc(C(=O)N(Cc2ccccn2)c2nc3ccc(Br)cc3s2)cc1. The second-order valence-electron chi connectivity index (χ2n) is 6.75. The van der Waals surface area contributed by atoms with Gasteiger partial charge in [-0.25, -0.2) is 13.4 Å². The molecule has 0 N–H and O–H groups in total. The third-order valence-corrected chi connectivity index (χ3v) is 7.99. The summed E-state index contributed by atoms with van der Waals surface area (Å²) in [4.78, 5) is 24.2. The number of thiazole rings is 1. The number of halogens is 1. The summed E-state index contributed by atoms with van der Waals surface area (Å²) in [6, 6.07) is 17.3. The van der Waals surface area contributed by atoms with E-state index in [2.05, 4.69) is 25.9 Å². The van der Waals surface area contributed by atoms with Crippen LogP contribution in [0.4, 0.5) is 5.13 Å². The fourth-order valence-electron chi connectivity index (χ4n) is 3.01. The van der Waals surface area contributed by atoms with E-state index in [0.717, 1.165) is 20.4 Å². The number of amides is 1. The molecule has 4 rings (SSSR count). The number of carbonyl (C=O) groups excluding carboxylic acids is 1. The predicted molar refractivity (Wildman–Crippen MR) is 126 cm³/mol. The lowest BCUT2D eigenvalue weighted by molar-refractivity contribution is 0.0984. The van der Waals surface area contributed by atoms with Crippen molar-refractivity contribution >= 4 is 58.4 Å². The molecule has 0 atom stereocenters. The summed E-state index contributed by atoms with van der Waals surface area (Å²) in [6.07, 6.45) is 1.68. The summed E-state index contributed by atoms with van der Waals surface area (Å²) in [5.74, 6) is -0.267. The number of hydrogen-bond donors (Lipinski definition) is 0. The van der Waals surface area contributed by atoms with Crippen LogP contribution >= 0.6 is 27.3 Å². The highest BCUT2D eigenvalue weighted by atomic mass is 79.9. The molecule has 0 fully saturated rings. The van der Waals surface area contributed by atoms with E-state index in [0.29, 0.717) is 10.7 Å². The molecule has 0 radical (unpaired) electrons. The highest BCUT2D eigenvalue weighted by Crippen LogP contribution is 2.32. The van der Waals surface area contributed by atoms with Crippen LogP contribution in [0.1, 0.15) is 23.0 Å². The molecule has 2 aromatic carbocycles. The first-order valence-corrected chi connectivity index (χ1v) is 12.7. The number of hydrogen-bond acceptors (Lipinski definition) is 6. The van der Waals surface area contributed by atoms with Crippen molar-refractivity contribution in [3.8, 4) is 0 Å². The van der Waals surface area contributed by atoms with Crippen LogP contribution in [0.3, 0.4) is 0 Å². The van der Waals surface area contributed by atoms with Gasteiger partial charge in [-0.3, -0.25) is 14.7 Å². The van der Waals surface area contributed by atoms with Crippen molar-refractivity contribution in [3.05, 3.63) is 82.6 Å². The van der Waals surface area contributed by atoms with Crippen LogP contribution in [0.25, 0.3) is 10.2 Å². The van der Waals surface area contributed by atoms with Crippen molar-refractivity contribution in [2.45, 2.75) is 18.4 Å². The average Bonchev–Trinajstić information content (AvgIpc) is 3.20. The van der Waals surface area contributed by atoms with E-state index < -0.39 is 9.84 Å². The molecule has 0 spiro atoms. The van der Waals surface area contributed by atoms with Crippen LogP contribution in [0, 0.1) is 0 Å². The Hall–Kier alpha value is -2.62. The van der Waals surface area contributed by atoms with Gasteiger partial charge >= 0.3 is 0 Å². The zero-order chi connectivity index (χ0) is 22.0. The quantitative estimate of drug-likeness (QED) is 0.357. The minimum Gasteiger partial charge on any atom is -0.278 e. The first-order valence-electron chi connectivity index (χ1n) is 9.48. The molecule has 0 unspecified atom stereocenters. The fraction of sp³-hybridized carbons (Fsp3) is 0.136. The maximum Gasteiger partial charge on any atom is 0.260 e. The molecule has 0 aliphatic heterocycles. The number of sulfone groups is 1. The van der Waals surface area contributed by atoms with Gasteiger partial charge < -0.3 is 0 Å². The number of carbonyl (C=O) groups is 1. The third kappa shape index (κ3) is 4.68. The minimum atomic E-state index is -3.33. The number of aromatic nitrogens is 2. The molecule has 0 saturated carbocycles. The number of fused-ring (bicyclic) bond motifs is 1. The monoisotopic (exact) mass is 515 g/mol. The molecule has 4 aromatic rings. The van der Waals surface area contributed by atoms with Crippen molar-refractivity contribution in [3.63, 3.8) is 0 Å². The van der Waals surface area contributed by atoms with Crippen LogP contribution in [0.2, 0.25) is 0 Å². The van der Waals surface area contributed by atoms with Crippen molar-refractivity contribution in [2.75, 3.05) is 10.7 Å². The summed E-state index contributed by atoms with van der Waals surface area (Å²) in [5.41, 5.74) is 1.90. The molecule has 2 heterocycles. The normalized spacial score (nSPS) is 11.5. The van der Waals surface area contributed by atoms with E-state index in [-0.39, 0.29) is 23.1 Å². The Bertz CT molecular complexity index is 1340. The van der Waals surface area contributed by atoms with Gasteiger partial charge in [0.05, 0.1) is 33.1 Å². The maximum atomic E-state index is 13.4. The molecular formula is C22H18BrN3O3S2. The molecule has 2 aromatic heterocycles. The van der Waals surface area contributed by atoms with Crippen molar-refractivity contribution in [1.29, 1.82) is 0 Å². The molecular weight excluding hydrogens is 498 g/mol. The first-order chi connectivity index (χ1) is 14.9. The van der Waals surface area contributed by atoms with Crippen molar-refractivity contribution < 1.29 is 13.2 Å². The van der Waals surface area contributed by atoms with Crippen LogP contribution in [0.5, 0.6) is 0 Å². The molecule has 9 heteroatoms. The van der Waals surface area contributed by atoms with Gasteiger partial charge in [0, 0.05) is 16.2 Å². The van der Waals surface area contributed by atoms with Gasteiger partial charge in [-0.1, -0.05) is 40.3 Å². The number of benzene rings is 2. The topological polar surface area (TPSA) is 80.2 Å². The summed E-state index contributed by atoms with van der Waals surface area (Å²) >= 11 is 4.88. The summed E-state index contributed by atoms with van der Waals surface area (Å²) in [5, 5.41) is 0.550. The van der Waals surface area contributed by atoms with Crippen LogP contribution < -0.4 is 4.90 Å². The van der Waals surface area contributed by atoms with Gasteiger partial charge in [-0.2, -0.15) is 0 Å². The van der Waals surface area contributed by atoms with Gasteiger partial charge in [0.1, 0.15) is 0 Å². The minimum absolute atomic E-state index is 0.00730. The Labute approximate surface area is 192 Å². The molecule has 0 saturated heterocycles. The maximum absolute atomic E-state index is 13.4. The fourth-order valence-corrected chi connectivity index (χ4v) is 5.41. The Balaban J connectivity index is 1.73. The van der Waals surface area contributed by atoms with Crippen molar-refractivity contribution in [2.24, 2.45) is 0 Å². The zero-order valence-corrected chi connectivity index (χ0v) is 19.7. The highest BCUT2D eigenvalue weighted by Gasteiger charge is 2.23. The molecule has 6 nitrogen and oxygen atoms in total. The van der Waals surface area contributed by atoms with Crippen LogP contribution in [-0.2, 0) is 16.4 Å². The van der Waals surface area contributed by atoms with E-state index in [1.807, 2.05) is 36.4 Å². The number of pyridine rings is 1. The molecule has 31 heavy (non-hydrogen) atoms. The summed E-state index contributed by atoms with van der Waals surface area (Å²) in [7, 11) is -3.33. The van der Waals surface area contributed by atoms with E-state index in [1.54, 1.807) is 30.2 Å². The smallest absolute Gasteiger partial charge is 0.260 e. The summed E-state index contributed by atoms with van der Waals surface area (Å²) < 4.78 is 26.1. The van der Waals surface area contributed by atoms with Crippen molar-refractivity contribution in [1.82, 2.24) is 9.97 Å².